The molecule has 0 amide bonds. The molecule has 14 heavy (non-hydrogen) atoms. The first-order valence-electron chi connectivity index (χ1n) is 5.30. The van der Waals surface area contributed by atoms with E-state index >= 15 is 0 Å². The van der Waals surface area contributed by atoms with Crippen molar-refractivity contribution in [3.05, 3.63) is 23.9 Å². The lowest BCUT2D eigenvalue weighted by Crippen LogP contribution is -2.55. The second-order valence-electron chi connectivity index (χ2n) is 4.19. The quantitative estimate of drug-likeness (QED) is 0.654. The van der Waals surface area contributed by atoms with Gasteiger partial charge in [0.05, 0.1) is 0 Å². The molecule has 0 saturated carbocycles. The van der Waals surface area contributed by atoms with E-state index in [1.54, 1.807) is 0 Å². The summed E-state index contributed by atoms with van der Waals surface area (Å²) in [5, 5.41) is 3.52. The van der Waals surface area contributed by atoms with E-state index in [0.29, 0.717) is 12.1 Å². The molecule has 0 bridgehead atoms. The van der Waals surface area contributed by atoms with E-state index < -0.39 is 0 Å². The van der Waals surface area contributed by atoms with Gasteiger partial charge in [-0.2, -0.15) is 0 Å². The van der Waals surface area contributed by atoms with Crippen molar-refractivity contribution in [2.75, 3.05) is 18.0 Å². The highest BCUT2D eigenvalue weighted by molar-refractivity contribution is 5.54. The number of anilines is 1. The second kappa shape index (κ2) is 2.95. The van der Waals surface area contributed by atoms with Crippen LogP contribution in [-0.4, -0.2) is 30.2 Å². The molecule has 2 aliphatic rings. The molecular formula is C11H15N3. The molecule has 0 aromatic carbocycles. The lowest BCUT2D eigenvalue weighted by molar-refractivity contribution is 0.397. The summed E-state index contributed by atoms with van der Waals surface area (Å²) in [5.41, 5.74) is 1.41. The maximum Gasteiger partial charge on any atom is 0.132 e. The van der Waals surface area contributed by atoms with Crippen molar-refractivity contribution in [3.8, 4) is 0 Å². The molecule has 2 atom stereocenters. The van der Waals surface area contributed by atoms with Crippen LogP contribution >= 0.6 is 0 Å². The maximum absolute atomic E-state index is 4.48. The van der Waals surface area contributed by atoms with E-state index in [1.165, 1.54) is 11.4 Å². The molecule has 2 unspecified atom stereocenters. The van der Waals surface area contributed by atoms with Gasteiger partial charge < -0.3 is 10.2 Å². The molecule has 1 saturated heterocycles. The van der Waals surface area contributed by atoms with Gasteiger partial charge in [0.1, 0.15) is 5.82 Å². The Bertz CT molecular complexity index is 350. The number of piperazine rings is 1. The number of pyridine rings is 1. The Morgan fingerprint density at radius 1 is 1.57 bits per heavy atom. The fraction of sp³-hybridized carbons (Fsp3) is 0.545. The zero-order valence-corrected chi connectivity index (χ0v) is 8.40. The number of hydrogen-bond acceptors (Lipinski definition) is 3. The molecular weight excluding hydrogens is 174 g/mol. The number of aromatic nitrogens is 1. The molecule has 3 nitrogen and oxygen atoms in total. The minimum Gasteiger partial charge on any atom is -0.350 e. The number of fused-ring (bicyclic) bond motifs is 3. The van der Waals surface area contributed by atoms with E-state index in [9.17, 15) is 0 Å². The Kier molecular flexibility index (Phi) is 1.74. The molecule has 0 radical (unpaired) electrons. The first kappa shape index (κ1) is 8.24. The van der Waals surface area contributed by atoms with Gasteiger partial charge in [-0.3, -0.25) is 0 Å². The van der Waals surface area contributed by atoms with Gasteiger partial charge >= 0.3 is 0 Å². The SMILES string of the molecule is CC1NCCN2c3ncccc3CC12. The number of nitrogens with one attached hydrogen (secondary N) is 1. The lowest BCUT2D eigenvalue weighted by Gasteiger charge is -2.36. The van der Waals surface area contributed by atoms with Crippen molar-refractivity contribution >= 4 is 5.82 Å². The largest absolute Gasteiger partial charge is 0.350 e. The standard InChI is InChI=1S/C11H15N3/c1-8-10-7-9-3-2-4-13-11(9)14(10)6-5-12-8/h2-4,8,10,12H,5-7H2,1H3. The fourth-order valence-corrected chi connectivity index (χ4v) is 2.61. The summed E-state index contributed by atoms with van der Waals surface area (Å²) in [7, 11) is 0. The van der Waals surface area contributed by atoms with Crippen LogP contribution in [-0.2, 0) is 6.42 Å². The third-order valence-electron chi connectivity index (χ3n) is 3.37. The third kappa shape index (κ3) is 1.05. The first-order chi connectivity index (χ1) is 6.86. The van der Waals surface area contributed by atoms with Gasteiger partial charge in [0.2, 0.25) is 0 Å². The van der Waals surface area contributed by atoms with Crippen LogP contribution in [0.3, 0.4) is 0 Å². The van der Waals surface area contributed by atoms with Crippen molar-refractivity contribution < 1.29 is 0 Å². The average molecular weight is 189 g/mol. The van der Waals surface area contributed by atoms with Crippen LogP contribution in [0.1, 0.15) is 12.5 Å². The molecule has 0 spiro atoms. The summed E-state index contributed by atoms with van der Waals surface area (Å²) in [6.45, 7) is 4.44. The van der Waals surface area contributed by atoms with Crippen molar-refractivity contribution in [1.29, 1.82) is 0 Å². The van der Waals surface area contributed by atoms with Crippen LogP contribution < -0.4 is 10.2 Å². The minimum absolute atomic E-state index is 0.581. The van der Waals surface area contributed by atoms with Gasteiger partial charge in [0.25, 0.3) is 0 Å². The predicted molar refractivity (Wildman–Crippen MR) is 56.5 cm³/mol. The number of rotatable bonds is 0. The predicted octanol–water partition coefficient (Wildman–Crippen LogP) is 0.804. The van der Waals surface area contributed by atoms with Crippen molar-refractivity contribution in [2.45, 2.75) is 25.4 Å². The molecule has 1 N–H and O–H groups in total. The van der Waals surface area contributed by atoms with Crippen LogP contribution in [0.4, 0.5) is 5.82 Å². The van der Waals surface area contributed by atoms with Crippen LogP contribution in [0.5, 0.6) is 0 Å². The summed E-state index contributed by atoms with van der Waals surface area (Å²) >= 11 is 0. The minimum atomic E-state index is 0.581. The van der Waals surface area contributed by atoms with Gasteiger partial charge in [0.15, 0.2) is 0 Å². The highest BCUT2D eigenvalue weighted by Gasteiger charge is 2.35. The zero-order valence-electron chi connectivity index (χ0n) is 8.40. The van der Waals surface area contributed by atoms with Crippen LogP contribution in [0.2, 0.25) is 0 Å². The highest BCUT2D eigenvalue weighted by Crippen LogP contribution is 2.32. The van der Waals surface area contributed by atoms with E-state index in [1.807, 2.05) is 12.3 Å². The van der Waals surface area contributed by atoms with Gasteiger partial charge in [-0.15, -0.1) is 0 Å². The molecule has 1 fully saturated rings. The molecule has 2 aliphatic heterocycles. The van der Waals surface area contributed by atoms with Crippen LogP contribution in [0.15, 0.2) is 18.3 Å². The highest BCUT2D eigenvalue weighted by atomic mass is 15.3. The van der Waals surface area contributed by atoms with Crippen LogP contribution in [0.25, 0.3) is 0 Å². The summed E-state index contributed by atoms with van der Waals surface area (Å²) in [6, 6.07) is 5.44. The average Bonchev–Trinajstić information content (AvgIpc) is 2.59. The van der Waals surface area contributed by atoms with E-state index in [4.69, 9.17) is 0 Å². The van der Waals surface area contributed by atoms with Crippen molar-refractivity contribution in [2.24, 2.45) is 0 Å². The smallest absolute Gasteiger partial charge is 0.132 e. The van der Waals surface area contributed by atoms with Crippen molar-refractivity contribution in [3.63, 3.8) is 0 Å². The van der Waals surface area contributed by atoms with E-state index in [2.05, 4.69) is 28.2 Å². The summed E-state index contributed by atoms with van der Waals surface area (Å²) in [4.78, 5) is 6.93. The summed E-state index contributed by atoms with van der Waals surface area (Å²) < 4.78 is 0. The van der Waals surface area contributed by atoms with E-state index in [-0.39, 0.29) is 0 Å². The first-order valence-corrected chi connectivity index (χ1v) is 5.30. The Hall–Kier alpha value is -1.09. The van der Waals surface area contributed by atoms with E-state index in [0.717, 1.165) is 19.5 Å². The topological polar surface area (TPSA) is 28.2 Å². The normalized spacial score (nSPS) is 29.9. The Labute approximate surface area is 84.1 Å². The van der Waals surface area contributed by atoms with Gasteiger partial charge in [-0.1, -0.05) is 6.07 Å². The van der Waals surface area contributed by atoms with Crippen molar-refractivity contribution in [1.82, 2.24) is 10.3 Å². The zero-order chi connectivity index (χ0) is 9.54. The molecule has 1 aromatic rings. The Balaban J connectivity index is 2.00. The fourth-order valence-electron chi connectivity index (χ4n) is 2.61. The molecule has 74 valence electrons. The van der Waals surface area contributed by atoms with Crippen LogP contribution in [0, 0.1) is 0 Å². The van der Waals surface area contributed by atoms with Gasteiger partial charge in [-0.25, -0.2) is 4.98 Å². The lowest BCUT2D eigenvalue weighted by atomic mass is 10.0. The second-order valence-corrected chi connectivity index (χ2v) is 4.19. The Morgan fingerprint density at radius 3 is 3.43 bits per heavy atom. The third-order valence-corrected chi connectivity index (χ3v) is 3.37. The van der Waals surface area contributed by atoms with Gasteiger partial charge in [0, 0.05) is 31.4 Å². The van der Waals surface area contributed by atoms with Gasteiger partial charge in [-0.05, 0) is 25.0 Å². The number of nitrogens with zero attached hydrogens (tertiary/aromatic N) is 2. The molecule has 3 heterocycles. The molecule has 3 rings (SSSR count). The molecule has 1 aromatic heterocycles. The number of hydrogen-bond donors (Lipinski definition) is 1. The molecule has 3 heteroatoms. The molecule has 0 aliphatic carbocycles. The summed E-state index contributed by atoms with van der Waals surface area (Å²) in [5.74, 6) is 1.21. The Morgan fingerprint density at radius 2 is 2.50 bits per heavy atom. The maximum atomic E-state index is 4.48. The summed E-state index contributed by atoms with van der Waals surface area (Å²) in [6.07, 6.45) is 3.05. The monoisotopic (exact) mass is 189 g/mol.